The summed E-state index contributed by atoms with van der Waals surface area (Å²) in [6.45, 7) is 0.721. The Bertz CT molecular complexity index is 451. The van der Waals surface area contributed by atoms with Crippen LogP contribution in [0.5, 0.6) is 0 Å². The van der Waals surface area contributed by atoms with Gasteiger partial charge in [0.15, 0.2) is 0 Å². The lowest BCUT2D eigenvalue weighted by molar-refractivity contribution is 0.697. The normalized spacial score (nSPS) is 10.7. The van der Waals surface area contributed by atoms with Crippen LogP contribution in [-0.4, -0.2) is 9.78 Å². The topological polar surface area (TPSA) is 43.8 Å². The van der Waals surface area contributed by atoms with Gasteiger partial charge in [0.1, 0.15) is 5.82 Å². The molecular weight excluding hydrogens is 377 g/mol. The lowest BCUT2D eigenvalue weighted by Crippen LogP contribution is -2.05. The SMILES string of the molecule is Nc1c(I)cnn1Cc1cscc1Br. The molecule has 74 valence electrons. The predicted molar refractivity (Wildman–Crippen MR) is 70.5 cm³/mol. The van der Waals surface area contributed by atoms with Crippen LogP contribution in [-0.2, 0) is 6.54 Å². The van der Waals surface area contributed by atoms with Gasteiger partial charge in [-0.05, 0) is 49.5 Å². The van der Waals surface area contributed by atoms with Crippen LogP contribution >= 0.6 is 49.9 Å². The maximum Gasteiger partial charge on any atom is 0.135 e. The molecule has 2 heterocycles. The molecule has 0 unspecified atom stereocenters. The first-order valence-corrected chi connectivity index (χ1v) is 6.67. The summed E-state index contributed by atoms with van der Waals surface area (Å²) >= 11 is 7.33. The van der Waals surface area contributed by atoms with Gasteiger partial charge < -0.3 is 5.73 Å². The molecule has 0 aliphatic heterocycles. The van der Waals surface area contributed by atoms with E-state index in [-0.39, 0.29) is 0 Å². The second-order valence-corrected chi connectivity index (χ2v) is 5.54. The van der Waals surface area contributed by atoms with Crippen LogP contribution in [0.1, 0.15) is 5.56 Å². The van der Waals surface area contributed by atoms with Crippen molar-refractivity contribution in [3.8, 4) is 0 Å². The Balaban J connectivity index is 2.27. The van der Waals surface area contributed by atoms with Gasteiger partial charge in [-0.2, -0.15) is 16.4 Å². The molecule has 0 radical (unpaired) electrons. The molecule has 0 saturated heterocycles. The molecule has 0 fully saturated rings. The summed E-state index contributed by atoms with van der Waals surface area (Å²) in [6.07, 6.45) is 1.77. The number of hydrogen-bond acceptors (Lipinski definition) is 3. The third kappa shape index (κ3) is 1.96. The molecule has 6 heteroatoms. The van der Waals surface area contributed by atoms with Crippen molar-refractivity contribution in [3.63, 3.8) is 0 Å². The van der Waals surface area contributed by atoms with Gasteiger partial charge in [-0.25, -0.2) is 4.68 Å². The van der Waals surface area contributed by atoms with Crippen molar-refractivity contribution in [2.75, 3.05) is 5.73 Å². The number of hydrogen-bond donors (Lipinski definition) is 1. The van der Waals surface area contributed by atoms with E-state index in [2.05, 4.69) is 54.4 Å². The molecule has 0 amide bonds. The minimum Gasteiger partial charge on any atom is -0.383 e. The van der Waals surface area contributed by atoms with Gasteiger partial charge in [0.2, 0.25) is 0 Å². The van der Waals surface area contributed by atoms with E-state index in [0.29, 0.717) is 0 Å². The first kappa shape index (κ1) is 10.4. The summed E-state index contributed by atoms with van der Waals surface area (Å²) in [5.41, 5.74) is 7.06. The summed E-state index contributed by atoms with van der Waals surface area (Å²) in [5, 5.41) is 8.35. The Morgan fingerprint density at radius 2 is 2.36 bits per heavy atom. The van der Waals surface area contributed by atoms with Crippen molar-refractivity contribution in [1.82, 2.24) is 9.78 Å². The fourth-order valence-electron chi connectivity index (χ4n) is 1.08. The van der Waals surface area contributed by atoms with Gasteiger partial charge >= 0.3 is 0 Å². The zero-order valence-corrected chi connectivity index (χ0v) is 11.6. The largest absolute Gasteiger partial charge is 0.383 e. The first-order valence-electron chi connectivity index (χ1n) is 3.86. The first-order chi connectivity index (χ1) is 6.68. The second-order valence-electron chi connectivity index (χ2n) is 2.78. The van der Waals surface area contributed by atoms with E-state index in [1.807, 2.05) is 0 Å². The molecule has 0 aliphatic carbocycles. The van der Waals surface area contributed by atoms with E-state index < -0.39 is 0 Å². The van der Waals surface area contributed by atoms with Crippen LogP contribution in [0.25, 0.3) is 0 Å². The van der Waals surface area contributed by atoms with E-state index in [1.54, 1.807) is 22.2 Å². The summed E-state index contributed by atoms with van der Waals surface area (Å²) in [4.78, 5) is 0. The molecular formula is C8H7BrIN3S. The van der Waals surface area contributed by atoms with Crippen LogP contribution in [0.15, 0.2) is 21.4 Å². The summed E-state index contributed by atoms with van der Waals surface area (Å²) < 4.78 is 3.91. The zero-order chi connectivity index (χ0) is 10.1. The summed E-state index contributed by atoms with van der Waals surface area (Å²) in [6, 6.07) is 0. The van der Waals surface area contributed by atoms with E-state index in [9.17, 15) is 0 Å². The van der Waals surface area contributed by atoms with E-state index in [1.165, 1.54) is 5.56 Å². The van der Waals surface area contributed by atoms with Crippen LogP contribution in [0.4, 0.5) is 5.82 Å². The Hall–Kier alpha value is -0.0800. The third-order valence-electron chi connectivity index (χ3n) is 1.84. The Morgan fingerprint density at radius 1 is 1.57 bits per heavy atom. The smallest absolute Gasteiger partial charge is 0.135 e. The molecule has 0 aliphatic rings. The molecule has 14 heavy (non-hydrogen) atoms. The highest BCUT2D eigenvalue weighted by Gasteiger charge is 2.07. The van der Waals surface area contributed by atoms with Crippen molar-refractivity contribution in [1.29, 1.82) is 0 Å². The van der Waals surface area contributed by atoms with E-state index in [4.69, 9.17) is 5.73 Å². The molecule has 0 saturated carbocycles. The van der Waals surface area contributed by atoms with Gasteiger partial charge in [0.05, 0.1) is 16.3 Å². The monoisotopic (exact) mass is 383 g/mol. The van der Waals surface area contributed by atoms with E-state index in [0.717, 1.165) is 20.4 Å². The maximum atomic E-state index is 5.85. The fourth-order valence-corrected chi connectivity index (χ4v) is 2.90. The van der Waals surface area contributed by atoms with E-state index >= 15 is 0 Å². The maximum absolute atomic E-state index is 5.85. The number of aromatic nitrogens is 2. The average molecular weight is 384 g/mol. The number of nitrogen functional groups attached to an aromatic ring is 1. The standard InChI is InChI=1S/C8H7BrIN3S/c9-6-4-14-3-5(6)2-13-8(11)7(10)1-12-13/h1,3-4H,2,11H2. The molecule has 2 N–H and O–H groups in total. The third-order valence-corrected chi connectivity index (χ3v) is 4.51. The number of halogens is 2. The zero-order valence-electron chi connectivity index (χ0n) is 7.08. The average Bonchev–Trinajstić information content (AvgIpc) is 2.68. The molecule has 0 spiro atoms. The van der Waals surface area contributed by atoms with Gasteiger partial charge in [-0.15, -0.1) is 0 Å². The van der Waals surface area contributed by atoms with Crippen molar-refractivity contribution in [2.45, 2.75) is 6.54 Å². The van der Waals surface area contributed by atoms with Gasteiger partial charge in [0, 0.05) is 9.85 Å². The lowest BCUT2D eigenvalue weighted by atomic mass is 10.3. The Labute approximate surface area is 108 Å². The van der Waals surface area contributed by atoms with Crippen molar-refractivity contribution in [3.05, 3.63) is 30.6 Å². The van der Waals surface area contributed by atoms with Gasteiger partial charge in [-0.1, -0.05) is 0 Å². The molecule has 0 bridgehead atoms. The lowest BCUT2D eigenvalue weighted by Gasteiger charge is -2.02. The highest BCUT2D eigenvalue weighted by atomic mass is 127. The number of nitrogens with two attached hydrogens (primary N) is 1. The van der Waals surface area contributed by atoms with Crippen molar-refractivity contribution in [2.24, 2.45) is 0 Å². The molecule has 2 aromatic heterocycles. The highest BCUT2D eigenvalue weighted by Crippen LogP contribution is 2.23. The second kappa shape index (κ2) is 4.19. The minimum absolute atomic E-state index is 0.721. The van der Waals surface area contributed by atoms with Crippen molar-refractivity contribution >= 4 is 55.7 Å². The number of nitrogens with zero attached hydrogens (tertiary/aromatic N) is 2. The molecule has 2 aromatic rings. The van der Waals surface area contributed by atoms with Gasteiger partial charge in [0.25, 0.3) is 0 Å². The van der Waals surface area contributed by atoms with Crippen LogP contribution in [0, 0.1) is 3.57 Å². The molecule has 3 nitrogen and oxygen atoms in total. The molecule has 2 rings (SSSR count). The summed E-state index contributed by atoms with van der Waals surface area (Å²) in [7, 11) is 0. The molecule has 0 atom stereocenters. The summed E-state index contributed by atoms with van der Waals surface area (Å²) in [5.74, 6) is 0.726. The number of thiophene rings is 1. The van der Waals surface area contributed by atoms with Crippen LogP contribution < -0.4 is 5.73 Å². The van der Waals surface area contributed by atoms with Crippen LogP contribution in [0.3, 0.4) is 0 Å². The number of rotatable bonds is 2. The quantitative estimate of drug-likeness (QED) is 0.810. The Morgan fingerprint density at radius 3 is 2.86 bits per heavy atom. The van der Waals surface area contributed by atoms with Crippen LogP contribution in [0.2, 0.25) is 0 Å². The molecule has 0 aromatic carbocycles. The van der Waals surface area contributed by atoms with Crippen molar-refractivity contribution < 1.29 is 0 Å². The number of anilines is 1. The predicted octanol–water partition coefficient (Wildman–Crippen LogP) is 2.94. The highest BCUT2D eigenvalue weighted by molar-refractivity contribution is 14.1. The minimum atomic E-state index is 0.721. The van der Waals surface area contributed by atoms with Gasteiger partial charge in [-0.3, -0.25) is 0 Å². The fraction of sp³-hybridized carbons (Fsp3) is 0.125. The Kier molecular flexibility index (Phi) is 3.13.